The average molecular weight is 272 g/mol. The van der Waals surface area contributed by atoms with Gasteiger partial charge in [-0.25, -0.2) is 4.39 Å². The molecule has 0 unspecified atom stereocenters. The van der Waals surface area contributed by atoms with Crippen LogP contribution in [0.1, 0.15) is 18.4 Å². The Morgan fingerprint density at radius 1 is 1.44 bits per heavy atom. The van der Waals surface area contributed by atoms with Gasteiger partial charge in [-0.1, -0.05) is 17.7 Å². The molecular formula is C13H15ClFNO2. The molecule has 1 aliphatic heterocycles. The predicted octanol–water partition coefficient (Wildman–Crippen LogP) is 2.78. The Balaban J connectivity index is 1.93. The smallest absolute Gasteiger partial charge is 0.306 e. The fourth-order valence-electron chi connectivity index (χ4n) is 2.23. The van der Waals surface area contributed by atoms with Gasteiger partial charge in [-0.05, 0) is 43.6 Å². The van der Waals surface area contributed by atoms with E-state index in [0.29, 0.717) is 24.4 Å². The van der Waals surface area contributed by atoms with E-state index in [2.05, 4.69) is 4.90 Å². The minimum atomic E-state index is -0.713. The topological polar surface area (TPSA) is 40.5 Å². The first kappa shape index (κ1) is 13.3. The minimum absolute atomic E-state index is 0.232. The quantitative estimate of drug-likeness (QED) is 0.919. The van der Waals surface area contributed by atoms with E-state index in [0.717, 1.165) is 18.7 Å². The number of rotatable bonds is 3. The highest BCUT2D eigenvalue weighted by Gasteiger charge is 2.24. The summed E-state index contributed by atoms with van der Waals surface area (Å²) in [6.45, 7) is 2.13. The second-order valence-electron chi connectivity index (χ2n) is 4.62. The van der Waals surface area contributed by atoms with Crippen LogP contribution >= 0.6 is 11.6 Å². The monoisotopic (exact) mass is 271 g/mol. The van der Waals surface area contributed by atoms with Crippen LogP contribution in [0.4, 0.5) is 4.39 Å². The van der Waals surface area contributed by atoms with Gasteiger partial charge in [-0.15, -0.1) is 0 Å². The SMILES string of the molecule is O=C(O)C1CCN(Cc2ccc(F)cc2Cl)CC1. The summed E-state index contributed by atoms with van der Waals surface area (Å²) in [5.41, 5.74) is 0.881. The first-order valence-electron chi connectivity index (χ1n) is 5.95. The van der Waals surface area contributed by atoms with Crippen molar-refractivity contribution < 1.29 is 14.3 Å². The van der Waals surface area contributed by atoms with Crippen molar-refractivity contribution in [1.29, 1.82) is 0 Å². The molecule has 0 spiro atoms. The van der Waals surface area contributed by atoms with Crippen molar-refractivity contribution >= 4 is 17.6 Å². The molecule has 3 nitrogen and oxygen atoms in total. The summed E-state index contributed by atoms with van der Waals surface area (Å²) in [6, 6.07) is 4.38. The number of halogens is 2. The highest BCUT2D eigenvalue weighted by molar-refractivity contribution is 6.31. The summed E-state index contributed by atoms with van der Waals surface area (Å²) in [4.78, 5) is 13.0. The van der Waals surface area contributed by atoms with E-state index in [4.69, 9.17) is 16.7 Å². The summed E-state index contributed by atoms with van der Waals surface area (Å²) < 4.78 is 12.9. The van der Waals surface area contributed by atoms with E-state index >= 15 is 0 Å². The molecule has 5 heteroatoms. The highest BCUT2D eigenvalue weighted by atomic mass is 35.5. The van der Waals surface area contributed by atoms with Crippen LogP contribution < -0.4 is 0 Å². The Hall–Kier alpha value is -1.13. The molecule has 1 aliphatic rings. The molecule has 0 atom stereocenters. The molecule has 1 heterocycles. The molecule has 2 rings (SSSR count). The standard InChI is InChI=1S/C13H15ClFNO2/c14-12-7-11(15)2-1-10(12)8-16-5-3-9(4-6-16)13(17)18/h1-2,7,9H,3-6,8H2,(H,17,18). The largest absolute Gasteiger partial charge is 0.481 e. The molecule has 0 radical (unpaired) electrons. The molecule has 0 aromatic heterocycles. The molecule has 18 heavy (non-hydrogen) atoms. The Morgan fingerprint density at radius 2 is 2.11 bits per heavy atom. The van der Waals surface area contributed by atoms with Crippen molar-refractivity contribution in [2.45, 2.75) is 19.4 Å². The number of carbonyl (C=O) groups is 1. The van der Waals surface area contributed by atoms with Gasteiger partial charge >= 0.3 is 5.97 Å². The normalized spacial score (nSPS) is 17.9. The fraction of sp³-hybridized carbons (Fsp3) is 0.462. The van der Waals surface area contributed by atoms with Crippen LogP contribution in [0.15, 0.2) is 18.2 Å². The zero-order valence-electron chi connectivity index (χ0n) is 9.90. The van der Waals surface area contributed by atoms with E-state index in [1.807, 2.05) is 0 Å². The van der Waals surface area contributed by atoms with Gasteiger partial charge in [0.15, 0.2) is 0 Å². The first-order chi connectivity index (χ1) is 8.56. The summed E-state index contributed by atoms with van der Waals surface area (Å²) >= 11 is 5.97. The zero-order valence-corrected chi connectivity index (χ0v) is 10.7. The number of hydrogen-bond acceptors (Lipinski definition) is 2. The maximum Gasteiger partial charge on any atom is 0.306 e. The van der Waals surface area contributed by atoms with Crippen molar-refractivity contribution in [2.75, 3.05) is 13.1 Å². The summed E-state index contributed by atoms with van der Waals surface area (Å²) in [7, 11) is 0. The van der Waals surface area contributed by atoms with Gasteiger partial charge in [0.05, 0.1) is 5.92 Å². The van der Waals surface area contributed by atoms with Gasteiger partial charge in [0, 0.05) is 11.6 Å². The van der Waals surface area contributed by atoms with Gasteiger partial charge in [-0.3, -0.25) is 9.69 Å². The van der Waals surface area contributed by atoms with Gasteiger partial charge < -0.3 is 5.11 Å². The van der Waals surface area contributed by atoms with Crippen LogP contribution in [0.5, 0.6) is 0 Å². The summed E-state index contributed by atoms with van der Waals surface area (Å²) in [5.74, 6) is -1.28. The fourth-order valence-corrected chi connectivity index (χ4v) is 2.46. The van der Waals surface area contributed by atoms with E-state index in [-0.39, 0.29) is 11.7 Å². The van der Waals surface area contributed by atoms with Crippen LogP contribution in [-0.2, 0) is 11.3 Å². The Labute approximate surface area is 110 Å². The number of carboxylic acid groups (broad SMARTS) is 1. The molecule has 0 bridgehead atoms. The molecule has 1 fully saturated rings. The van der Waals surface area contributed by atoms with Gasteiger partial charge in [0.2, 0.25) is 0 Å². The van der Waals surface area contributed by atoms with E-state index in [9.17, 15) is 9.18 Å². The molecule has 1 saturated heterocycles. The Morgan fingerprint density at radius 3 is 2.67 bits per heavy atom. The second kappa shape index (κ2) is 5.67. The average Bonchev–Trinajstić information content (AvgIpc) is 2.33. The van der Waals surface area contributed by atoms with Crippen molar-refractivity contribution in [3.8, 4) is 0 Å². The Kier molecular flexibility index (Phi) is 4.19. The van der Waals surface area contributed by atoms with Crippen molar-refractivity contribution in [3.05, 3.63) is 34.6 Å². The molecule has 1 aromatic carbocycles. The molecule has 0 amide bonds. The molecule has 98 valence electrons. The van der Waals surface area contributed by atoms with Gasteiger partial charge in [0.25, 0.3) is 0 Å². The summed E-state index contributed by atoms with van der Waals surface area (Å²) in [5, 5.41) is 9.33. The second-order valence-corrected chi connectivity index (χ2v) is 5.03. The van der Waals surface area contributed by atoms with Crippen LogP contribution in [0.25, 0.3) is 0 Å². The van der Waals surface area contributed by atoms with Crippen molar-refractivity contribution in [1.82, 2.24) is 4.90 Å². The molecule has 0 aliphatic carbocycles. The lowest BCUT2D eigenvalue weighted by atomic mass is 9.97. The lowest BCUT2D eigenvalue weighted by Gasteiger charge is -2.30. The molecule has 0 saturated carbocycles. The van der Waals surface area contributed by atoms with E-state index in [1.54, 1.807) is 6.07 Å². The van der Waals surface area contributed by atoms with Crippen LogP contribution in [0, 0.1) is 11.7 Å². The number of aliphatic carboxylic acids is 1. The zero-order chi connectivity index (χ0) is 13.1. The number of piperidine rings is 1. The van der Waals surface area contributed by atoms with Gasteiger partial charge in [0.1, 0.15) is 5.82 Å². The number of hydrogen-bond donors (Lipinski definition) is 1. The molecular weight excluding hydrogens is 257 g/mol. The number of benzene rings is 1. The van der Waals surface area contributed by atoms with E-state index in [1.165, 1.54) is 12.1 Å². The van der Waals surface area contributed by atoms with Gasteiger partial charge in [-0.2, -0.15) is 0 Å². The highest BCUT2D eigenvalue weighted by Crippen LogP contribution is 2.23. The number of likely N-dealkylation sites (tertiary alicyclic amines) is 1. The first-order valence-corrected chi connectivity index (χ1v) is 6.33. The third-order valence-corrected chi connectivity index (χ3v) is 3.70. The lowest BCUT2D eigenvalue weighted by molar-refractivity contribution is -0.143. The van der Waals surface area contributed by atoms with Crippen LogP contribution in [0.2, 0.25) is 5.02 Å². The van der Waals surface area contributed by atoms with Crippen LogP contribution in [0.3, 0.4) is 0 Å². The number of carboxylic acids is 1. The van der Waals surface area contributed by atoms with Crippen molar-refractivity contribution in [2.24, 2.45) is 5.92 Å². The maximum absolute atomic E-state index is 12.9. The summed E-state index contributed by atoms with van der Waals surface area (Å²) in [6.07, 6.45) is 1.32. The lowest BCUT2D eigenvalue weighted by Crippen LogP contribution is -2.35. The molecule has 1 aromatic rings. The predicted molar refractivity (Wildman–Crippen MR) is 67.0 cm³/mol. The number of nitrogens with zero attached hydrogens (tertiary/aromatic N) is 1. The van der Waals surface area contributed by atoms with Crippen LogP contribution in [-0.4, -0.2) is 29.1 Å². The Bertz CT molecular complexity index is 445. The minimum Gasteiger partial charge on any atom is -0.481 e. The maximum atomic E-state index is 12.9. The van der Waals surface area contributed by atoms with Crippen molar-refractivity contribution in [3.63, 3.8) is 0 Å². The van der Waals surface area contributed by atoms with E-state index < -0.39 is 5.97 Å². The molecule has 1 N–H and O–H groups in total. The third kappa shape index (κ3) is 3.21. The third-order valence-electron chi connectivity index (χ3n) is 3.35.